The molecule has 1 N–H and O–H groups in total. The van der Waals surface area contributed by atoms with Gasteiger partial charge >= 0.3 is 5.97 Å². The summed E-state index contributed by atoms with van der Waals surface area (Å²) >= 11 is 0. The molecule has 0 aromatic heterocycles. The maximum absolute atomic E-state index is 12.8. The molecule has 1 fully saturated rings. The van der Waals surface area contributed by atoms with Crippen LogP contribution in [0.3, 0.4) is 0 Å². The summed E-state index contributed by atoms with van der Waals surface area (Å²) in [6.07, 6.45) is 4.00. The van der Waals surface area contributed by atoms with E-state index in [4.69, 9.17) is 4.74 Å². The quantitative estimate of drug-likeness (QED) is 0.705. The largest absolute Gasteiger partial charge is 0.482 e. The van der Waals surface area contributed by atoms with E-state index >= 15 is 0 Å². The minimum atomic E-state index is -0.413. The Kier molecular flexibility index (Phi) is 8.14. The van der Waals surface area contributed by atoms with Gasteiger partial charge in [-0.05, 0) is 48.6 Å². The first-order chi connectivity index (χ1) is 12.9. The number of amides is 1. The normalized spacial score (nSPS) is 22.3. The number of nitrogens with one attached hydrogen (secondary N) is 1. The summed E-state index contributed by atoms with van der Waals surface area (Å²) in [7, 11) is 1.34. The molecule has 1 aliphatic rings. The van der Waals surface area contributed by atoms with Crippen LogP contribution in [0.2, 0.25) is 0 Å². The summed E-state index contributed by atoms with van der Waals surface area (Å²) in [6, 6.07) is 7.58. The van der Waals surface area contributed by atoms with Crippen molar-refractivity contribution < 1.29 is 19.1 Å². The van der Waals surface area contributed by atoms with Gasteiger partial charge in [-0.25, -0.2) is 4.79 Å². The van der Waals surface area contributed by atoms with Crippen molar-refractivity contribution in [2.75, 3.05) is 20.3 Å². The lowest BCUT2D eigenvalue weighted by molar-refractivity contribution is -0.142. The van der Waals surface area contributed by atoms with E-state index in [2.05, 4.69) is 30.8 Å². The van der Waals surface area contributed by atoms with Crippen LogP contribution in [-0.2, 0) is 20.7 Å². The van der Waals surface area contributed by atoms with E-state index in [0.717, 1.165) is 18.4 Å². The fourth-order valence-corrected chi connectivity index (χ4v) is 4.00. The van der Waals surface area contributed by atoms with Crippen molar-refractivity contribution >= 4 is 11.9 Å². The zero-order chi connectivity index (χ0) is 19.8. The van der Waals surface area contributed by atoms with Gasteiger partial charge in [0.25, 0.3) is 0 Å². The number of hydrogen-bond acceptors (Lipinski definition) is 4. The molecule has 5 nitrogen and oxygen atoms in total. The molecule has 5 heteroatoms. The lowest BCUT2D eigenvalue weighted by Gasteiger charge is -2.36. The number of benzene rings is 1. The molecule has 1 amide bonds. The third-order valence-corrected chi connectivity index (χ3v) is 5.60. The van der Waals surface area contributed by atoms with Crippen LogP contribution in [0.25, 0.3) is 0 Å². The monoisotopic (exact) mass is 375 g/mol. The Morgan fingerprint density at radius 1 is 1.22 bits per heavy atom. The smallest absolute Gasteiger partial charge is 0.343 e. The Balaban J connectivity index is 1.90. The predicted octanol–water partition coefficient (Wildman–Crippen LogP) is 3.61. The van der Waals surface area contributed by atoms with Gasteiger partial charge < -0.3 is 14.8 Å². The van der Waals surface area contributed by atoms with Gasteiger partial charge in [0.15, 0.2) is 6.61 Å². The number of methoxy groups -OCH3 is 1. The van der Waals surface area contributed by atoms with E-state index in [0.29, 0.717) is 36.5 Å². The lowest BCUT2D eigenvalue weighted by atomic mass is 9.70. The second-order valence-corrected chi connectivity index (χ2v) is 7.95. The number of carbonyl (C=O) groups is 2. The van der Waals surface area contributed by atoms with E-state index in [-0.39, 0.29) is 18.4 Å². The Labute approximate surface area is 162 Å². The zero-order valence-corrected chi connectivity index (χ0v) is 17.0. The molecule has 2 rings (SSSR count). The third-order valence-electron chi connectivity index (χ3n) is 5.60. The van der Waals surface area contributed by atoms with Crippen molar-refractivity contribution in [3.63, 3.8) is 0 Å². The molecule has 0 radical (unpaired) electrons. The van der Waals surface area contributed by atoms with Gasteiger partial charge in [-0.1, -0.05) is 45.4 Å². The van der Waals surface area contributed by atoms with E-state index in [9.17, 15) is 9.59 Å². The van der Waals surface area contributed by atoms with Crippen LogP contribution in [0.5, 0.6) is 5.75 Å². The number of esters is 1. The summed E-state index contributed by atoms with van der Waals surface area (Å²) in [5.41, 5.74) is 0.971. The Hall–Kier alpha value is -2.04. The van der Waals surface area contributed by atoms with E-state index in [1.54, 1.807) is 0 Å². The van der Waals surface area contributed by atoms with Gasteiger partial charge in [0.1, 0.15) is 5.75 Å². The van der Waals surface area contributed by atoms with Gasteiger partial charge in [0.2, 0.25) is 5.91 Å². The predicted molar refractivity (Wildman–Crippen MR) is 105 cm³/mol. The molecule has 150 valence electrons. The van der Waals surface area contributed by atoms with Gasteiger partial charge in [0, 0.05) is 12.5 Å². The summed E-state index contributed by atoms with van der Waals surface area (Å²) in [6.45, 7) is 7.13. The first kappa shape index (κ1) is 21.3. The van der Waals surface area contributed by atoms with Gasteiger partial charge in [-0.3, -0.25) is 4.79 Å². The number of hydrogen-bond donors (Lipinski definition) is 1. The minimum Gasteiger partial charge on any atom is -0.482 e. The van der Waals surface area contributed by atoms with Crippen LogP contribution in [-0.4, -0.2) is 32.1 Å². The standard InChI is InChI=1S/C22H33NO4/c1-15(2)18-10-9-16(3)13-19(18)22(25)23-12-11-17-7-5-6-8-20(17)27-14-21(24)26-4/h5-8,15-16,18-19H,9-14H2,1-4H3,(H,23,25)/t16?,18-,19+/m0/s1. The van der Waals surface area contributed by atoms with E-state index in [1.165, 1.54) is 13.5 Å². The van der Waals surface area contributed by atoms with Gasteiger partial charge in [0.05, 0.1) is 7.11 Å². The molecule has 0 spiro atoms. The molecule has 0 saturated heterocycles. The SMILES string of the molecule is COC(=O)COc1ccccc1CCNC(=O)[C@@H]1CC(C)CC[C@H]1C(C)C. The molecule has 0 aliphatic heterocycles. The maximum atomic E-state index is 12.8. The molecule has 0 heterocycles. The fourth-order valence-electron chi connectivity index (χ4n) is 4.00. The topological polar surface area (TPSA) is 64.6 Å². The van der Waals surface area contributed by atoms with Crippen molar-refractivity contribution in [2.45, 2.75) is 46.5 Å². The zero-order valence-electron chi connectivity index (χ0n) is 17.0. The molecule has 1 aliphatic carbocycles. The van der Waals surface area contributed by atoms with Crippen LogP contribution in [0.15, 0.2) is 24.3 Å². The van der Waals surface area contributed by atoms with Gasteiger partial charge in [-0.15, -0.1) is 0 Å². The van der Waals surface area contributed by atoms with Crippen LogP contribution in [0.1, 0.15) is 45.6 Å². The number of para-hydroxylation sites is 1. The second kappa shape index (κ2) is 10.3. The molecule has 1 aromatic carbocycles. The highest BCUT2D eigenvalue weighted by molar-refractivity contribution is 5.79. The molecule has 27 heavy (non-hydrogen) atoms. The van der Waals surface area contributed by atoms with Crippen molar-refractivity contribution in [1.29, 1.82) is 0 Å². The van der Waals surface area contributed by atoms with Crippen LogP contribution < -0.4 is 10.1 Å². The van der Waals surface area contributed by atoms with Crippen molar-refractivity contribution in [1.82, 2.24) is 5.32 Å². The first-order valence-electron chi connectivity index (χ1n) is 9.97. The number of rotatable bonds is 8. The highest BCUT2D eigenvalue weighted by Gasteiger charge is 2.35. The second-order valence-electron chi connectivity index (χ2n) is 7.95. The Morgan fingerprint density at radius 3 is 2.67 bits per heavy atom. The minimum absolute atomic E-state index is 0.111. The van der Waals surface area contributed by atoms with Crippen LogP contribution in [0.4, 0.5) is 0 Å². The Morgan fingerprint density at radius 2 is 1.96 bits per heavy atom. The summed E-state index contributed by atoms with van der Waals surface area (Å²) in [4.78, 5) is 24.1. The maximum Gasteiger partial charge on any atom is 0.343 e. The summed E-state index contributed by atoms with van der Waals surface area (Å²) in [5, 5.41) is 3.12. The lowest BCUT2D eigenvalue weighted by Crippen LogP contribution is -2.40. The first-order valence-corrected chi connectivity index (χ1v) is 9.97. The fraction of sp³-hybridized carbons (Fsp3) is 0.636. The molecule has 1 saturated carbocycles. The average Bonchev–Trinajstić information content (AvgIpc) is 2.66. The highest BCUT2D eigenvalue weighted by atomic mass is 16.6. The number of ether oxygens (including phenoxy) is 2. The molecule has 3 atom stereocenters. The summed E-state index contributed by atoms with van der Waals surface area (Å²) < 4.78 is 10.1. The highest BCUT2D eigenvalue weighted by Crippen LogP contribution is 2.38. The molecule has 1 aromatic rings. The Bertz CT molecular complexity index is 628. The van der Waals surface area contributed by atoms with Crippen LogP contribution in [0, 0.1) is 23.7 Å². The molecular formula is C22H33NO4. The van der Waals surface area contributed by atoms with Crippen molar-refractivity contribution in [2.24, 2.45) is 23.7 Å². The number of carbonyl (C=O) groups excluding carboxylic acids is 2. The van der Waals surface area contributed by atoms with E-state index < -0.39 is 5.97 Å². The van der Waals surface area contributed by atoms with Crippen LogP contribution >= 0.6 is 0 Å². The van der Waals surface area contributed by atoms with Gasteiger partial charge in [-0.2, -0.15) is 0 Å². The average molecular weight is 376 g/mol. The molecule has 1 unspecified atom stereocenters. The molecule has 0 bridgehead atoms. The summed E-state index contributed by atoms with van der Waals surface area (Å²) in [5.74, 6) is 2.14. The van der Waals surface area contributed by atoms with Crippen molar-refractivity contribution in [3.8, 4) is 5.75 Å². The van der Waals surface area contributed by atoms with Crippen molar-refractivity contribution in [3.05, 3.63) is 29.8 Å². The molecular weight excluding hydrogens is 342 g/mol. The third kappa shape index (κ3) is 6.26. The van der Waals surface area contributed by atoms with E-state index in [1.807, 2.05) is 24.3 Å².